The van der Waals surface area contributed by atoms with Crippen molar-refractivity contribution in [2.75, 3.05) is 13.2 Å². The van der Waals surface area contributed by atoms with Crippen LogP contribution in [0.2, 0.25) is 0 Å². The zero-order chi connectivity index (χ0) is 12.7. The molecule has 1 unspecified atom stereocenters. The molecule has 1 rings (SSSR count). The van der Waals surface area contributed by atoms with Gasteiger partial charge >= 0.3 is 0 Å². The summed E-state index contributed by atoms with van der Waals surface area (Å²) in [6.45, 7) is 4.97. The lowest BCUT2D eigenvalue weighted by Gasteiger charge is -2.34. The first-order valence-corrected chi connectivity index (χ1v) is 6.31. The van der Waals surface area contributed by atoms with E-state index in [4.69, 9.17) is 0 Å². The van der Waals surface area contributed by atoms with Crippen molar-refractivity contribution in [3.63, 3.8) is 0 Å². The highest BCUT2D eigenvalue weighted by atomic mass is 19.1. The van der Waals surface area contributed by atoms with E-state index in [-0.39, 0.29) is 12.4 Å². The van der Waals surface area contributed by atoms with E-state index in [1.807, 2.05) is 13.0 Å². The number of benzene rings is 1. The van der Waals surface area contributed by atoms with Gasteiger partial charge in [0.1, 0.15) is 5.82 Å². The first-order chi connectivity index (χ1) is 8.20. The zero-order valence-corrected chi connectivity index (χ0v) is 10.7. The van der Waals surface area contributed by atoms with Gasteiger partial charge in [-0.25, -0.2) is 4.39 Å². The molecule has 0 spiro atoms. The monoisotopic (exact) mass is 239 g/mol. The van der Waals surface area contributed by atoms with Crippen LogP contribution in [0.4, 0.5) is 4.39 Å². The number of rotatable bonds is 7. The number of aliphatic hydroxyl groups is 1. The highest BCUT2D eigenvalue weighted by Crippen LogP contribution is 2.30. The highest BCUT2D eigenvalue weighted by molar-refractivity contribution is 5.26. The Balaban J connectivity index is 3.07. The minimum Gasteiger partial charge on any atom is -0.396 e. The maximum Gasteiger partial charge on any atom is 0.128 e. The van der Waals surface area contributed by atoms with E-state index in [0.717, 1.165) is 19.4 Å². The van der Waals surface area contributed by atoms with E-state index in [0.29, 0.717) is 12.0 Å². The number of halogens is 1. The first-order valence-electron chi connectivity index (χ1n) is 6.31. The van der Waals surface area contributed by atoms with Crippen molar-refractivity contribution < 1.29 is 9.50 Å². The molecule has 1 atom stereocenters. The van der Waals surface area contributed by atoms with Crippen LogP contribution in [0.15, 0.2) is 24.3 Å². The van der Waals surface area contributed by atoms with Gasteiger partial charge in [0.25, 0.3) is 0 Å². The molecule has 0 aliphatic rings. The van der Waals surface area contributed by atoms with Crippen LogP contribution in [0.25, 0.3) is 0 Å². The molecule has 96 valence electrons. The quantitative estimate of drug-likeness (QED) is 0.767. The van der Waals surface area contributed by atoms with E-state index in [2.05, 4.69) is 12.2 Å². The van der Waals surface area contributed by atoms with Gasteiger partial charge in [-0.2, -0.15) is 0 Å². The van der Waals surface area contributed by atoms with Crippen molar-refractivity contribution in [2.45, 2.75) is 38.6 Å². The second-order valence-electron chi connectivity index (χ2n) is 4.32. The predicted octanol–water partition coefficient (Wildman–Crippen LogP) is 2.81. The molecule has 1 aromatic rings. The van der Waals surface area contributed by atoms with Gasteiger partial charge in [-0.15, -0.1) is 0 Å². The van der Waals surface area contributed by atoms with Crippen LogP contribution in [0.1, 0.15) is 38.7 Å². The van der Waals surface area contributed by atoms with Crippen molar-refractivity contribution in [3.8, 4) is 0 Å². The molecule has 0 radical (unpaired) electrons. The molecule has 1 aromatic carbocycles. The molecular weight excluding hydrogens is 217 g/mol. The Labute approximate surface area is 103 Å². The fourth-order valence-corrected chi connectivity index (χ4v) is 2.21. The van der Waals surface area contributed by atoms with Crippen LogP contribution in [0.3, 0.4) is 0 Å². The average molecular weight is 239 g/mol. The maximum atomic E-state index is 13.9. The smallest absolute Gasteiger partial charge is 0.128 e. The molecule has 0 heterocycles. The largest absolute Gasteiger partial charge is 0.396 e. The molecule has 0 saturated carbocycles. The second kappa shape index (κ2) is 6.72. The average Bonchev–Trinajstić information content (AvgIpc) is 2.35. The van der Waals surface area contributed by atoms with Crippen LogP contribution in [0.5, 0.6) is 0 Å². The molecule has 2 nitrogen and oxygen atoms in total. The Morgan fingerprint density at radius 2 is 2.00 bits per heavy atom. The van der Waals surface area contributed by atoms with Gasteiger partial charge in [-0.1, -0.05) is 32.0 Å². The molecule has 2 N–H and O–H groups in total. The molecule has 0 aromatic heterocycles. The van der Waals surface area contributed by atoms with Crippen LogP contribution >= 0.6 is 0 Å². The molecule has 3 heteroatoms. The predicted molar refractivity (Wildman–Crippen MR) is 68.4 cm³/mol. The number of nitrogens with one attached hydrogen (secondary N) is 1. The van der Waals surface area contributed by atoms with Crippen molar-refractivity contribution in [2.24, 2.45) is 0 Å². The fourth-order valence-electron chi connectivity index (χ4n) is 2.21. The van der Waals surface area contributed by atoms with Gasteiger partial charge in [0.05, 0.1) is 0 Å². The Bertz CT molecular complexity index is 343. The summed E-state index contributed by atoms with van der Waals surface area (Å²) in [7, 11) is 0. The van der Waals surface area contributed by atoms with Gasteiger partial charge in [0.2, 0.25) is 0 Å². The number of hydrogen-bond acceptors (Lipinski definition) is 2. The first kappa shape index (κ1) is 14.1. The van der Waals surface area contributed by atoms with Crippen molar-refractivity contribution in [1.29, 1.82) is 0 Å². The van der Waals surface area contributed by atoms with E-state index >= 15 is 0 Å². The molecule has 0 aliphatic carbocycles. The van der Waals surface area contributed by atoms with Crippen LogP contribution in [-0.2, 0) is 5.54 Å². The van der Waals surface area contributed by atoms with Crippen molar-refractivity contribution in [1.82, 2.24) is 5.32 Å². The summed E-state index contributed by atoms with van der Waals surface area (Å²) in [5, 5.41) is 12.6. The molecule has 0 saturated heterocycles. The van der Waals surface area contributed by atoms with Gasteiger partial charge in [0.15, 0.2) is 0 Å². The van der Waals surface area contributed by atoms with Crippen LogP contribution in [-0.4, -0.2) is 18.3 Å². The van der Waals surface area contributed by atoms with Gasteiger partial charge in [0, 0.05) is 17.7 Å². The topological polar surface area (TPSA) is 32.3 Å². The Morgan fingerprint density at radius 1 is 1.29 bits per heavy atom. The van der Waals surface area contributed by atoms with E-state index in [9.17, 15) is 9.50 Å². The van der Waals surface area contributed by atoms with Gasteiger partial charge in [-0.3, -0.25) is 0 Å². The van der Waals surface area contributed by atoms with E-state index in [1.54, 1.807) is 12.1 Å². The SMILES string of the molecule is CCCNC(CC)(CCO)c1ccccc1F. The standard InChI is InChI=1S/C14H22FNO/c1-3-10-16-14(4-2,9-11-17)12-7-5-6-8-13(12)15/h5-8,16-17H,3-4,9-11H2,1-2H3. The molecule has 17 heavy (non-hydrogen) atoms. The van der Waals surface area contributed by atoms with Crippen LogP contribution in [0, 0.1) is 5.82 Å². The normalized spacial score (nSPS) is 14.6. The molecule has 0 amide bonds. The Kier molecular flexibility index (Phi) is 5.59. The summed E-state index contributed by atoms with van der Waals surface area (Å²) in [6, 6.07) is 6.81. The minimum absolute atomic E-state index is 0.0545. The van der Waals surface area contributed by atoms with Crippen molar-refractivity contribution in [3.05, 3.63) is 35.6 Å². The van der Waals surface area contributed by atoms with Gasteiger partial charge < -0.3 is 10.4 Å². The summed E-state index contributed by atoms with van der Waals surface area (Å²) >= 11 is 0. The van der Waals surface area contributed by atoms with Gasteiger partial charge in [-0.05, 0) is 31.9 Å². The van der Waals surface area contributed by atoms with E-state index in [1.165, 1.54) is 6.07 Å². The fraction of sp³-hybridized carbons (Fsp3) is 0.571. The third-order valence-electron chi connectivity index (χ3n) is 3.24. The molecular formula is C14H22FNO. The summed E-state index contributed by atoms with van der Waals surface area (Å²) in [4.78, 5) is 0. The lowest BCUT2D eigenvalue weighted by atomic mass is 9.83. The highest BCUT2D eigenvalue weighted by Gasteiger charge is 2.31. The Hall–Kier alpha value is -0.930. The van der Waals surface area contributed by atoms with Crippen molar-refractivity contribution >= 4 is 0 Å². The van der Waals surface area contributed by atoms with Crippen LogP contribution < -0.4 is 5.32 Å². The minimum atomic E-state index is -0.448. The molecule has 0 fully saturated rings. The number of aliphatic hydroxyl groups excluding tert-OH is 1. The summed E-state index contributed by atoms with van der Waals surface area (Å²) < 4.78 is 13.9. The third kappa shape index (κ3) is 3.27. The van der Waals surface area contributed by atoms with E-state index < -0.39 is 5.54 Å². The second-order valence-corrected chi connectivity index (χ2v) is 4.32. The summed E-state index contributed by atoms with van der Waals surface area (Å²) in [5.41, 5.74) is 0.209. The summed E-state index contributed by atoms with van der Waals surface area (Å²) in [5.74, 6) is -0.202. The number of hydrogen-bond donors (Lipinski definition) is 2. The lowest BCUT2D eigenvalue weighted by Crippen LogP contribution is -2.43. The Morgan fingerprint density at radius 3 is 2.53 bits per heavy atom. The third-order valence-corrected chi connectivity index (χ3v) is 3.24. The molecule has 0 aliphatic heterocycles. The lowest BCUT2D eigenvalue weighted by molar-refractivity contribution is 0.200. The zero-order valence-electron chi connectivity index (χ0n) is 10.7. The summed E-state index contributed by atoms with van der Waals surface area (Å²) in [6.07, 6.45) is 2.28. The maximum absolute atomic E-state index is 13.9. The molecule has 0 bridgehead atoms.